The molecule has 148 valence electrons. The van der Waals surface area contributed by atoms with Crippen LogP contribution >= 0.6 is 11.6 Å². The number of hydrogen-bond acceptors (Lipinski definition) is 4. The van der Waals surface area contributed by atoms with Gasteiger partial charge >= 0.3 is 0 Å². The molecule has 0 bridgehead atoms. The van der Waals surface area contributed by atoms with Gasteiger partial charge in [-0.2, -0.15) is 0 Å². The van der Waals surface area contributed by atoms with E-state index in [0.717, 1.165) is 48.8 Å². The molecule has 0 unspecified atom stereocenters. The van der Waals surface area contributed by atoms with Crippen LogP contribution in [-0.2, 0) is 6.54 Å². The predicted molar refractivity (Wildman–Crippen MR) is 108 cm³/mol. The minimum absolute atomic E-state index is 0.336. The Morgan fingerprint density at radius 3 is 2.71 bits per heavy atom. The lowest BCUT2D eigenvalue weighted by molar-refractivity contribution is 0.165. The number of hydrogen-bond donors (Lipinski definition) is 0. The molecule has 2 aromatic carbocycles. The highest BCUT2D eigenvalue weighted by Crippen LogP contribution is 2.27. The van der Waals surface area contributed by atoms with Crippen molar-refractivity contribution in [3.05, 3.63) is 58.9 Å². The quantitative estimate of drug-likeness (QED) is 0.476. The molecule has 0 radical (unpaired) electrons. The van der Waals surface area contributed by atoms with E-state index in [1.54, 1.807) is 6.07 Å². The van der Waals surface area contributed by atoms with Crippen LogP contribution in [-0.4, -0.2) is 29.8 Å². The molecule has 6 heteroatoms. The minimum atomic E-state index is -0.336. The number of ether oxygens (including phenoxy) is 1. The second-order valence-corrected chi connectivity index (χ2v) is 7.90. The van der Waals surface area contributed by atoms with Gasteiger partial charge in [-0.3, -0.25) is 4.90 Å². The van der Waals surface area contributed by atoms with Gasteiger partial charge in [-0.05, 0) is 79.7 Å². The Morgan fingerprint density at radius 1 is 1.14 bits per heavy atom. The predicted octanol–water partition coefficient (Wildman–Crippen LogP) is 5.69. The average molecular weight is 403 g/mol. The number of piperidine rings is 1. The second-order valence-electron chi connectivity index (χ2n) is 7.46. The summed E-state index contributed by atoms with van der Waals surface area (Å²) in [7, 11) is 0. The summed E-state index contributed by atoms with van der Waals surface area (Å²) in [4.78, 5) is 2.51. The fraction of sp³-hybridized carbons (Fsp3) is 0.409. The maximum Gasteiger partial charge on any atom is 0.262 e. The van der Waals surface area contributed by atoms with Gasteiger partial charge in [0.25, 0.3) is 5.88 Å². The topological polar surface area (TPSA) is 38.5 Å². The van der Waals surface area contributed by atoms with Gasteiger partial charge in [0.05, 0.1) is 12.0 Å². The summed E-state index contributed by atoms with van der Waals surface area (Å²) < 4.78 is 24.1. The average Bonchev–Trinajstić information content (AvgIpc) is 3.10. The summed E-state index contributed by atoms with van der Waals surface area (Å²) in [6.07, 6.45) is 4.58. The van der Waals surface area contributed by atoms with Crippen LogP contribution < -0.4 is 4.74 Å². The monoisotopic (exact) mass is 402 g/mol. The zero-order valence-electron chi connectivity index (χ0n) is 15.7. The van der Waals surface area contributed by atoms with Gasteiger partial charge in [0.1, 0.15) is 5.82 Å². The molecule has 0 aliphatic carbocycles. The summed E-state index contributed by atoms with van der Waals surface area (Å²) in [6, 6.07) is 12.5. The highest BCUT2D eigenvalue weighted by molar-refractivity contribution is 6.30. The Labute approximate surface area is 169 Å². The molecule has 1 aromatic heterocycles. The van der Waals surface area contributed by atoms with Gasteiger partial charge in [-0.25, -0.2) is 4.39 Å². The van der Waals surface area contributed by atoms with E-state index in [1.807, 2.05) is 12.1 Å². The number of benzene rings is 2. The Balaban J connectivity index is 1.17. The highest BCUT2D eigenvalue weighted by Gasteiger charge is 2.19. The molecule has 2 heterocycles. The van der Waals surface area contributed by atoms with E-state index in [2.05, 4.69) is 22.2 Å². The molecule has 1 aliphatic heterocycles. The standard InChI is InChI=1S/C22H24ClFN2O2/c23-18-5-3-17(4-6-18)15-26-11-9-16(10-12-26)2-1-13-27-22-20-8-7-19(24)14-21(20)28-25-22/h3-8,14,16H,1-2,9-13,15H2. The Kier molecular flexibility index (Phi) is 6.13. The van der Waals surface area contributed by atoms with Gasteiger partial charge < -0.3 is 9.26 Å². The maximum absolute atomic E-state index is 13.2. The molecule has 0 atom stereocenters. The van der Waals surface area contributed by atoms with Crippen molar-refractivity contribution >= 4 is 22.6 Å². The first-order valence-corrected chi connectivity index (χ1v) is 10.2. The van der Waals surface area contributed by atoms with Gasteiger partial charge in [-0.15, -0.1) is 0 Å². The molecule has 3 aromatic rings. The molecule has 1 saturated heterocycles. The lowest BCUT2D eigenvalue weighted by Gasteiger charge is -2.32. The van der Waals surface area contributed by atoms with E-state index in [4.69, 9.17) is 20.9 Å². The minimum Gasteiger partial charge on any atom is -0.475 e. The first-order chi connectivity index (χ1) is 13.7. The third kappa shape index (κ3) is 4.83. The van der Waals surface area contributed by atoms with Gasteiger partial charge in [-0.1, -0.05) is 23.7 Å². The van der Waals surface area contributed by atoms with Crippen LogP contribution in [0, 0.1) is 11.7 Å². The number of rotatable bonds is 7. The number of nitrogens with zero attached hydrogens (tertiary/aromatic N) is 2. The van der Waals surface area contributed by atoms with Crippen LogP contribution in [0.1, 0.15) is 31.2 Å². The van der Waals surface area contributed by atoms with Crippen molar-refractivity contribution < 1.29 is 13.7 Å². The van der Waals surface area contributed by atoms with E-state index in [0.29, 0.717) is 18.1 Å². The molecule has 0 spiro atoms. The van der Waals surface area contributed by atoms with Crippen LogP contribution in [0.5, 0.6) is 5.88 Å². The molecule has 0 saturated carbocycles. The Hall–Kier alpha value is -2.11. The van der Waals surface area contributed by atoms with Crippen LogP contribution in [0.15, 0.2) is 47.0 Å². The number of fused-ring (bicyclic) bond motifs is 1. The van der Waals surface area contributed by atoms with Gasteiger partial charge in [0, 0.05) is 17.6 Å². The molecule has 4 rings (SSSR count). The first kappa shape index (κ1) is 19.2. The second kappa shape index (κ2) is 8.93. The number of likely N-dealkylation sites (tertiary alicyclic amines) is 1. The van der Waals surface area contributed by atoms with E-state index in [1.165, 1.54) is 30.5 Å². The molecule has 4 nitrogen and oxygen atoms in total. The van der Waals surface area contributed by atoms with Crippen LogP contribution in [0.3, 0.4) is 0 Å². The van der Waals surface area contributed by atoms with Gasteiger partial charge in [0.15, 0.2) is 5.58 Å². The zero-order valence-corrected chi connectivity index (χ0v) is 16.5. The summed E-state index contributed by atoms with van der Waals surface area (Å²) in [5.74, 6) is 0.860. The van der Waals surface area contributed by atoms with Crippen molar-refractivity contribution in [1.82, 2.24) is 10.1 Å². The van der Waals surface area contributed by atoms with E-state index in [9.17, 15) is 4.39 Å². The van der Waals surface area contributed by atoms with E-state index < -0.39 is 0 Å². The normalized spacial score (nSPS) is 15.9. The summed E-state index contributed by atoms with van der Waals surface area (Å²) >= 11 is 5.95. The van der Waals surface area contributed by atoms with Crippen molar-refractivity contribution in [3.63, 3.8) is 0 Å². The van der Waals surface area contributed by atoms with Crippen molar-refractivity contribution in [2.45, 2.75) is 32.2 Å². The number of aromatic nitrogens is 1. The molecular formula is C22H24ClFN2O2. The lowest BCUT2D eigenvalue weighted by Crippen LogP contribution is -2.33. The molecule has 28 heavy (non-hydrogen) atoms. The third-order valence-electron chi connectivity index (χ3n) is 5.42. The molecule has 1 aliphatic rings. The third-order valence-corrected chi connectivity index (χ3v) is 5.68. The lowest BCUT2D eigenvalue weighted by atomic mass is 9.92. The van der Waals surface area contributed by atoms with Crippen molar-refractivity contribution in [2.75, 3.05) is 19.7 Å². The fourth-order valence-corrected chi connectivity index (χ4v) is 3.94. The maximum atomic E-state index is 13.2. The zero-order chi connectivity index (χ0) is 19.3. The molecule has 0 N–H and O–H groups in total. The van der Waals surface area contributed by atoms with Gasteiger partial charge in [0.2, 0.25) is 0 Å². The summed E-state index contributed by atoms with van der Waals surface area (Å²) in [5.41, 5.74) is 1.74. The van der Waals surface area contributed by atoms with E-state index in [-0.39, 0.29) is 5.82 Å². The van der Waals surface area contributed by atoms with E-state index >= 15 is 0 Å². The smallest absolute Gasteiger partial charge is 0.262 e. The Bertz CT molecular complexity index is 905. The largest absolute Gasteiger partial charge is 0.475 e. The highest BCUT2D eigenvalue weighted by atomic mass is 35.5. The van der Waals surface area contributed by atoms with Crippen LogP contribution in [0.2, 0.25) is 5.02 Å². The van der Waals surface area contributed by atoms with Crippen LogP contribution in [0.4, 0.5) is 4.39 Å². The first-order valence-electron chi connectivity index (χ1n) is 9.82. The van der Waals surface area contributed by atoms with Crippen LogP contribution in [0.25, 0.3) is 11.0 Å². The van der Waals surface area contributed by atoms with Crippen molar-refractivity contribution in [3.8, 4) is 5.88 Å². The fourth-order valence-electron chi connectivity index (χ4n) is 3.81. The van der Waals surface area contributed by atoms with Crippen molar-refractivity contribution in [2.24, 2.45) is 5.92 Å². The molecule has 0 amide bonds. The molecular weight excluding hydrogens is 379 g/mol. The Morgan fingerprint density at radius 2 is 1.93 bits per heavy atom. The number of halogens is 2. The summed E-state index contributed by atoms with van der Waals surface area (Å²) in [5, 5.41) is 5.40. The molecule has 1 fully saturated rings. The summed E-state index contributed by atoms with van der Waals surface area (Å²) in [6.45, 7) is 3.86. The van der Waals surface area contributed by atoms with Crippen molar-refractivity contribution in [1.29, 1.82) is 0 Å². The SMILES string of the molecule is Fc1ccc2c(OCCCC3CCN(Cc4ccc(Cl)cc4)CC3)noc2c1.